The number of nitrogens with zero attached hydrogens (tertiary/aromatic N) is 9. The first kappa shape index (κ1) is 78.9. The van der Waals surface area contributed by atoms with Crippen LogP contribution in [0.15, 0.2) is 467 Å². The zero-order valence-corrected chi connectivity index (χ0v) is 75.2. The molecule has 19 aromatic carbocycles. The molecule has 9 nitrogen and oxygen atoms in total. The first-order valence-electron chi connectivity index (χ1n) is 45.4. The topological polar surface area (TPSA) is 84.2 Å². The first-order chi connectivity index (χ1) is 66.9. The standard InChI is InChI=1S/C46H29N3S.C40H25N3S.C37H23N3S/c1-3-11-30(12-4-1)32-19-23-34(24-20-32)39-29-40(35-25-21-33(22-26-35)31-13-5-2-6-14-31)48-46(47-39)49-41-17-9-7-16-38(41)44-42(49)28-27-37-36-15-8-10-18-43(36)50-45(37)44;1-3-11-26(12-4-1)33-25-34(27-13-5-2-6-14-27)42-40(41-33)28-19-21-29(22-20-28)43-35-17-9-7-16-32(35)38-36(43)24-23-31-30-15-8-10-18-37(30)44-39(31)38;1-2-12-25(13-3-1)40-32-19-8-6-17-30(32)38-37(40)24-11-10-14-26(23-24)39-31-18-7-4-16-29(31)35-33(39)22-21-28-27-15-5-9-20-34(27)41-36(28)35/h1-29H;1-25H;1-23H. The second-order valence-corrected chi connectivity index (χ2v) is 37.2. The van der Waals surface area contributed by atoms with E-state index < -0.39 is 0 Å². The summed E-state index contributed by atoms with van der Waals surface area (Å²) >= 11 is 5.63. The maximum Gasteiger partial charge on any atom is 0.235 e. The Morgan fingerprint density at radius 2 is 0.481 bits per heavy atom. The third kappa shape index (κ3) is 13.8. The number of fused-ring (bicyclic) bond motifs is 22. The summed E-state index contributed by atoms with van der Waals surface area (Å²) in [6, 6.07) is 166. The molecule has 0 saturated heterocycles. The monoisotopic (exact) mass is 1780 g/mol. The van der Waals surface area contributed by atoms with Crippen LogP contribution in [0.1, 0.15) is 0 Å². The van der Waals surface area contributed by atoms with E-state index in [1.54, 1.807) is 0 Å². The lowest BCUT2D eigenvalue weighted by molar-refractivity contribution is 0.996. The summed E-state index contributed by atoms with van der Waals surface area (Å²) in [6.07, 6.45) is 0. The number of hydrogen-bond acceptors (Lipinski definition) is 8. The SMILES string of the molecule is c1ccc(-c2cc(-c3ccccc3)nc(-c3ccc(-n4c5ccccc5c5c6sc7ccccc7c6ccc54)cc3)n2)cc1.c1ccc(-c2ccc(-c3cc(-c4ccc(-c5ccccc5)cc4)nc(-n4c5ccccc5c5c6sc7ccccc7c6ccc54)n3)cc2)cc1.c1ccc(-n2c(-c3cccc(-n4c5ccccc5c5c6sc7ccccc7c6ccc54)c3)nc3ccccc32)cc1. The van der Waals surface area contributed by atoms with Crippen LogP contribution < -0.4 is 0 Å². The van der Waals surface area contributed by atoms with Crippen molar-refractivity contribution in [1.82, 2.24) is 43.2 Å². The molecule has 0 N–H and O–H groups in total. The molecule has 0 amide bonds. The van der Waals surface area contributed by atoms with Crippen LogP contribution >= 0.6 is 34.0 Å². The molecular weight excluding hydrogens is 1700 g/mol. The zero-order valence-electron chi connectivity index (χ0n) is 72.7. The van der Waals surface area contributed by atoms with Gasteiger partial charge in [0.15, 0.2) is 5.82 Å². The highest BCUT2D eigenvalue weighted by atomic mass is 32.1. The lowest BCUT2D eigenvalue weighted by atomic mass is 10.0. The lowest BCUT2D eigenvalue weighted by Gasteiger charge is -2.12. The van der Waals surface area contributed by atoms with Crippen LogP contribution in [-0.4, -0.2) is 43.2 Å². The molecule has 12 heteroatoms. The minimum absolute atomic E-state index is 0.656. The van der Waals surface area contributed by atoms with Crippen LogP contribution in [0.2, 0.25) is 0 Å². The smallest absolute Gasteiger partial charge is 0.235 e. The van der Waals surface area contributed by atoms with Gasteiger partial charge in [-0.1, -0.05) is 340 Å². The summed E-state index contributed by atoms with van der Waals surface area (Å²) in [5.74, 6) is 2.31. The summed E-state index contributed by atoms with van der Waals surface area (Å²) in [5, 5.41) is 15.5. The Morgan fingerprint density at radius 3 is 0.933 bits per heavy atom. The number of hydrogen-bond donors (Lipinski definition) is 0. The van der Waals surface area contributed by atoms with Crippen LogP contribution in [0, 0.1) is 0 Å². The summed E-state index contributed by atoms with van der Waals surface area (Å²) < 4.78 is 17.2. The highest BCUT2D eigenvalue weighted by Crippen LogP contribution is 2.49. The van der Waals surface area contributed by atoms with Gasteiger partial charge >= 0.3 is 0 Å². The Bertz CT molecular complexity index is 9310. The van der Waals surface area contributed by atoms with Gasteiger partial charge in [0.05, 0.1) is 66.9 Å². The predicted octanol–water partition coefficient (Wildman–Crippen LogP) is 33.7. The minimum atomic E-state index is 0.656. The van der Waals surface area contributed by atoms with Gasteiger partial charge in [-0.3, -0.25) is 9.13 Å². The summed E-state index contributed by atoms with van der Waals surface area (Å²) in [7, 11) is 0. The van der Waals surface area contributed by atoms with Gasteiger partial charge in [0.1, 0.15) is 5.82 Å². The summed E-state index contributed by atoms with van der Waals surface area (Å²) in [5.41, 5.74) is 27.1. The Labute approximate surface area is 788 Å². The Morgan fingerprint density at radius 1 is 0.170 bits per heavy atom. The van der Waals surface area contributed by atoms with E-state index in [-0.39, 0.29) is 0 Å². The van der Waals surface area contributed by atoms with E-state index in [9.17, 15) is 0 Å². The molecule has 0 saturated carbocycles. The van der Waals surface area contributed by atoms with Crippen molar-refractivity contribution in [3.8, 4) is 113 Å². The second-order valence-electron chi connectivity index (χ2n) is 34.1. The highest BCUT2D eigenvalue weighted by Gasteiger charge is 2.25. The molecule has 0 radical (unpaired) electrons. The third-order valence-corrected chi connectivity index (χ3v) is 29.8. The number of thiophene rings is 3. The van der Waals surface area contributed by atoms with Gasteiger partial charge in [0.25, 0.3) is 0 Å². The van der Waals surface area contributed by atoms with Crippen molar-refractivity contribution in [2.45, 2.75) is 0 Å². The quantitative estimate of drug-likeness (QED) is 0.122. The van der Waals surface area contributed by atoms with Crippen molar-refractivity contribution in [3.63, 3.8) is 0 Å². The van der Waals surface area contributed by atoms with Gasteiger partial charge in [-0.2, -0.15) is 0 Å². The fourth-order valence-electron chi connectivity index (χ4n) is 19.9. The molecule has 0 bridgehead atoms. The molecule has 0 aliphatic heterocycles. The normalized spacial score (nSPS) is 11.7. The molecule has 0 unspecified atom stereocenters. The maximum absolute atomic E-state index is 5.32. The molecule has 0 aliphatic carbocycles. The Balaban J connectivity index is 0.000000106. The maximum atomic E-state index is 5.32. The first-order valence-corrected chi connectivity index (χ1v) is 47.9. The van der Waals surface area contributed by atoms with Crippen LogP contribution in [0.25, 0.3) is 250 Å². The predicted molar refractivity (Wildman–Crippen MR) is 570 cm³/mol. The fourth-order valence-corrected chi connectivity index (χ4v) is 23.7. The number of benzene rings is 19. The van der Waals surface area contributed by atoms with Crippen LogP contribution in [-0.2, 0) is 0 Å². The molecule has 28 aromatic rings. The average molecular weight is 1780 g/mol. The van der Waals surface area contributed by atoms with Gasteiger partial charge in [0, 0.05) is 143 Å². The van der Waals surface area contributed by atoms with E-state index in [1.807, 2.05) is 70.4 Å². The van der Waals surface area contributed by atoms with Crippen LogP contribution in [0.4, 0.5) is 0 Å². The number of imidazole rings is 1. The Hall–Kier alpha value is -17.1. The van der Waals surface area contributed by atoms with E-state index in [0.29, 0.717) is 11.8 Å². The van der Waals surface area contributed by atoms with Crippen molar-refractivity contribution in [2.24, 2.45) is 0 Å². The molecule has 0 atom stereocenters. The molecular formula is C123H77N9S3. The zero-order chi connectivity index (χ0) is 89.0. The number of para-hydroxylation sites is 6. The molecule has 632 valence electrons. The van der Waals surface area contributed by atoms with Gasteiger partial charge in [-0.05, 0) is 150 Å². The lowest BCUT2D eigenvalue weighted by Crippen LogP contribution is -2.04. The molecule has 9 aromatic heterocycles. The molecule has 9 heterocycles. The van der Waals surface area contributed by atoms with Crippen LogP contribution in [0.3, 0.4) is 0 Å². The molecule has 0 fully saturated rings. The third-order valence-electron chi connectivity index (χ3n) is 26.2. The van der Waals surface area contributed by atoms with Gasteiger partial charge < -0.3 is 9.13 Å². The summed E-state index contributed by atoms with van der Waals surface area (Å²) in [4.78, 5) is 25.8. The van der Waals surface area contributed by atoms with E-state index in [0.717, 1.165) is 101 Å². The molecule has 135 heavy (non-hydrogen) atoms. The largest absolute Gasteiger partial charge is 0.309 e. The minimum Gasteiger partial charge on any atom is -0.309 e. The second kappa shape index (κ2) is 33.1. The summed E-state index contributed by atoms with van der Waals surface area (Å²) in [6.45, 7) is 0. The van der Waals surface area contributed by atoms with Crippen molar-refractivity contribution in [2.75, 3.05) is 0 Å². The number of aromatic nitrogens is 9. The van der Waals surface area contributed by atoms with Gasteiger partial charge in [0.2, 0.25) is 5.95 Å². The molecule has 28 rings (SSSR count). The van der Waals surface area contributed by atoms with E-state index in [4.69, 9.17) is 24.9 Å². The van der Waals surface area contributed by atoms with Crippen molar-refractivity contribution < 1.29 is 0 Å². The van der Waals surface area contributed by atoms with E-state index >= 15 is 0 Å². The van der Waals surface area contributed by atoms with Gasteiger partial charge in [-0.15, -0.1) is 34.0 Å². The Kier molecular flexibility index (Phi) is 19.3. The number of rotatable bonds is 12. The van der Waals surface area contributed by atoms with E-state index in [2.05, 4.69) is 449 Å². The highest BCUT2D eigenvalue weighted by molar-refractivity contribution is 7.27. The fraction of sp³-hybridized carbons (Fsp3) is 0. The molecule has 0 aliphatic rings. The molecule has 0 spiro atoms. The van der Waals surface area contributed by atoms with Crippen LogP contribution in [0.5, 0.6) is 0 Å². The average Bonchev–Trinajstić information content (AvgIpc) is 1.57. The van der Waals surface area contributed by atoms with Crippen molar-refractivity contribution in [3.05, 3.63) is 467 Å². The van der Waals surface area contributed by atoms with Gasteiger partial charge in [-0.25, -0.2) is 24.9 Å². The van der Waals surface area contributed by atoms with E-state index in [1.165, 1.54) is 137 Å². The van der Waals surface area contributed by atoms with Crippen molar-refractivity contribution >= 4 is 171 Å². The van der Waals surface area contributed by atoms with Crippen molar-refractivity contribution in [1.29, 1.82) is 0 Å².